The van der Waals surface area contributed by atoms with E-state index in [1.165, 1.54) is 24.3 Å². The number of carbonyl (C=O) groups excluding carboxylic acids is 3. The minimum Gasteiger partial charge on any atom is -0.465 e. The maximum absolute atomic E-state index is 13.1. The SMILES string of the molecule is COC(=O)c1cc(CN2C(=O)NC(C)(c3ccc4c(c3)CCC4)C2=O)oc1C. The lowest BCUT2D eigenvalue weighted by molar-refractivity contribution is -0.131. The third kappa shape index (κ3) is 2.78. The lowest BCUT2D eigenvalue weighted by atomic mass is 9.89. The molecule has 0 bridgehead atoms. The van der Waals surface area contributed by atoms with Crippen molar-refractivity contribution in [2.75, 3.05) is 7.11 Å². The van der Waals surface area contributed by atoms with Crippen LogP contribution >= 0.6 is 0 Å². The number of amides is 3. The van der Waals surface area contributed by atoms with Crippen LogP contribution in [0.2, 0.25) is 0 Å². The third-order valence-corrected chi connectivity index (χ3v) is 5.64. The summed E-state index contributed by atoms with van der Waals surface area (Å²) in [7, 11) is 1.29. The molecule has 4 rings (SSSR count). The largest absolute Gasteiger partial charge is 0.465 e. The number of fused-ring (bicyclic) bond motifs is 1. The smallest absolute Gasteiger partial charge is 0.341 e. The van der Waals surface area contributed by atoms with Gasteiger partial charge in [-0.25, -0.2) is 9.59 Å². The van der Waals surface area contributed by atoms with Crippen molar-refractivity contribution in [3.8, 4) is 0 Å². The summed E-state index contributed by atoms with van der Waals surface area (Å²) in [4.78, 5) is 38.6. The number of methoxy groups -OCH3 is 1. The molecular formula is C21H22N2O5. The van der Waals surface area contributed by atoms with E-state index in [0.29, 0.717) is 11.5 Å². The lowest BCUT2D eigenvalue weighted by Crippen LogP contribution is -2.40. The molecule has 0 radical (unpaired) electrons. The van der Waals surface area contributed by atoms with Gasteiger partial charge in [0.25, 0.3) is 5.91 Å². The summed E-state index contributed by atoms with van der Waals surface area (Å²) in [5, 5.41) is 2.82. The van der Waals surface area contributed by atoms with Gasteiger partial charge < -0.3 is 14.5 Å². The van der Waals surface area contributed by atoms with Gasteiger partial charge in [0.1, 0.15) is 22.6 Å². The van der Waals surface area contributed by atoms with Crippen molar-refractivity contribution in [1.82, 2.24) is 10.2 Å². The number of hydrogen-bond acceptors (Lipinski definition) is 5. The summed E-state index contributed by atoms with van der Waals surface area (Å²) in [6, 6.07) is 7.01. The van der Waals surface area contributed by atoms with Gasteiger partial charge in [-0.15, -0.1) is 0 Å². The number of rotatable bonds is 4. The molecule has 1 aliphatic heterocycles. The molecule has 2 aromatic rings. The average Bonchev–Trinajstić information content (AvgIpc) is 3.34. The zero-order valence-electron chi connectivity index (χ0n) is 16.1. The van der Waals surface area contributed by atoms with Crippen LogP contribution in [0, 0.1) is 6.92 Å². The number of nitrogens with zero attached hydrogens (tertiary/aromatic N) is 1. The first-order chi connectivity index (χ1) is 13.3. The van der Waals surface area contributed by atoms with Gasteiger partial charge >= 0.3 is 12.0 Å². The van der Waals surface area contributed by atoms with Crippen molar-refractivity contribution >= 4 is 17.9 Å². The summed E-state index contributed by atoms with van der Waals surface area (Å²) in [5.74, 6) is -0.133. The third-order valence-electron chi connectivity index (χ3n) is 5.64. The summed E-state index contributed by atoms with van der Waals surface area (Å²) in [6.45, 7) is 3.30. The van der Waals surface area contributed by atoms with Crippen LogP contribution in [0.25, 0.3) is 0 Å². The van der Waals surface area contributed by atoms with Crippen molar-refractivity contribution in [2.24, 2.45) is 0 Å². The van der Waals surface area contributed by atoms with Crippen molar-refractivity contribution < 1.29 is 23.5 Å². The van der Waals surface area contributed by atoms with Gasteiger partial charge in [-0.05, 0) is 55.9 Å². The van der Waals surface area contributed by atoms with Crippen molar-refractivity contribution in [2.45, 2.75) is 45.2 Å². The fraction of sp³-hybridized carbons (Fsp3) is 0.381. The number of benzene rings is 1. The molecule has 2 aliphatic rings. The highest BCUT2D eigenvalue weighted by molar-refractivity contribution is 6.07. The molecule has 1 aliphatic carbocycles. The van der Waals surface area contributed by atoms with E-state index in [2.05, 4.69) is 5.32 Å². The van der Waals surface area contributed by atoms with Crippen LogP contribution < -0.4 is 5.32 Å². The second-order valence-electron chi connectivity index (χ2n) is 7.46. The first-order valence-corrected chi connectivity index (χ1v) is 9.27. The summed E-state index contributed by atoms with van der Waals surface area (Å²) >= 11 is 0. The van der Waals surface area contributed by atoms with Gasteiger partial charge in [-0.3, -0.25) is 9.69 Å². The Morgan fingerprint density at radius 1 is 1.25 bits per heavy atom. The number of aryl methyl sites for hydroxylation is 3. The predicted molar refractivity (Wildman–Crippen MR) is 99.7 cm³/mol. The molecule has 1 atom stereocenters. The lowest BCUT2D eigenvalue weighted by Gasteiger charge is -2.23. The first kappa shape index (κ1) is 18.3. The van der Waals surface area contributed by atoms with Gasteiger partial charge in [0.05, 0.1) is 13.7 Å². The van der Waals surface area contributed by atoms with Crippen LogP contribution in [0.4, 0.5) is 4.79 Å². The Kier molecular flexibility index (Phi) is 4.25. The Labute approximate surface area is 162 Å². The van der Waals surface area contributed by atoms with Crippen molar-refractivity contribution in [3.63, 3.8) is 0 Å². The van der Waals surface area contributed by atoms with Crippen LogP contribution in [0.3, 0.4) is 0 Å². The number of hydrogen-bond donors (Lipinski definition) is 1. The fourth-order valence-electron chi connectivity index (χ4n) is 4.01. The molecule has 1 aromatic carbocycles. The Bertz CT molecular complexity index is 993. The molecule has 1 N–H and O–H groups in total. The van der Waals surface area contributed by atoms with Gasteiger partial charge in [-0.2, -0.15) is 0 Å². The molecule has 1 fully saturated rings. The number of carbonyl (C=O) groups is 3. The quantitative estimate of drug-likeness (QED) is 0.649. The molecule has 2 heterocycles. The first-order valence-electron chi connectivity index (χ1n) is 9.27. The zero-order valence-corrected chi connectivity index (χ0v) is 16.1. The molecular weight excluding hydrogens is 360 g/mol. The Morgan fingerprint density at radius 2 is 2.00 bits per heavy atom. The van der Waals surface area contributed by atoms with Gasteiger partial charge in [0, 0.05) is 0 Å². The van der Waals surface area contributed by atoms with Crippen molar-refractivity contribution in [1.29, 1.82) is 0 Å². The number of esters is 1. The van der Waals surface area contributed by atoms with Crippen molar-refractivity contribution in [3.05, 3.63) is 58.0 Å². The molecule has 7 heteroatoms. The Balaban J connectivity index is 1.60. The normalized spacial score (nSPS) is 21.0. The van der Waals surface area contributed by atoms with E-state index in [4.69, 9.17) is 9.15 Å². The number of nitrogens with one attached hydrogen (secondary N) is 1. The standard InChI is InChI=1S/C21H22N2O5/c1-12-17(18(24)27-3)10-16(28-12)11-23-19(25)21(2,22-20(23)26)15-8-7-13-5-4-6-14(13)9-15/h7-10H,4-6,11H2,1-3H3,(H,22,26). The van der Waals surface area contributed by atoms with E-state index >= 15 is 0 Å². The number of imide groups is 1. The van der Waals surface area contributed by atoms with Crippen LogP contribution in [-0.4, -0.2) is 29.9 Å². The zero-order chi connectivity index (χ0) is 20.1. The Hall–Kier alpha value is -3.09. The van der Waals surface area contributed by atoms with Gasteiger partial charge in [0.15, 0.2) is 0 Å². The molecule has 7 nitrogen and oxygen atoms in total. The van der Waals surface area contributed by atoms with Crippen LogP contribution in [0.5, 0.6) is 0 Å². The summed E-state index contributed by atoms with van der Waals surface area (Å²) < 4.78 is 10.3. The van der Waals surface area contributed by atoms with Crippen LogP contribution in [0.15, 0.2) is 28.7 Å². The molecule has 1 saturated heterocycles. The van der Waals surface area contributed by atoms with E-state index < -0.39 is 17.5 Å². The minimum absolute atomic E-state index is 0.0525. The minimum atomic E-state index is -1.12. The average molecular weight is 382 g/mol. The predicted octanol–water partition coefficient (Wildman–Crippen LogP) is 2.83. The van der Waals surface area contributed by atoms with E-state index in [1.54, 1.807) is 13.8 Å². The second kappa shape index (κ2) is 6.51. The monoisotopic (exact) mass is 382 g/mol. The topological polar surface area (TPSA) is 88.9 Å². The summed E-state index contributed by atoms with van der Waals surface area (Å²) in [6.07, 6.45) is 3.16. The molecule has 1 aromatic heterocycles. The molecule has 1 unspecified atom stereocenters. The highest BCUT2D eigenvalue weighted by atomic mass is 16.5. The van der Waals surface area contributed by atoms with Gasteiger partial charge in [-0.1, -0.05) is 18.2 Å². The maximum atomic E-state index is 13.1. The highest BCUT2D eigenvalue weighted by Crippen LogP contribution is 2.33. The van der Waals surface area contributed by atoms with E-state index in [-0.39, 0.29) is 18.0 Å². The number of furan rings is 1. The summed E-state index contributed by atoms with van der Waals surface area (Å²) in [5.41, 5.74) is 2.48. The van der Waals surface area contributed by atoms with E-state index in [1.807, 2.05) is 18.2 Å². The number of urea groups is 1. The second-order valence-corrected chi connectivity index (χ2v) is 7.46. The highest BCUT2D eigenvalue weighted by Gasteiger charge is 2.49. The molecule has 28 heavy (non-hydrogen) atoms. The van der Waals surface area contributed by atoms with Crippen LogP contribution in [-0.2, 0) is 34.5 Å². The molecule has 0 spiro atoms. The van der Waals surface area contributed by atoms with E-state index in [9.17, 15) is 14.4 Å². The Morgan fingerprint density at radius 3 is 2.75 bits per heavy atom. The number of ether oxygens (including phenoxy) is 1. The fourth-order valence-corrected chi connectivity index (χ4v) is 4.01. The maximum Gasteiger partial charge on any atom is 0.341 e. The molecule has 0 saturated carbocycles. The van der Waals surface area contributed by atoms with Gasteiger partial charge in [0.2, 0.25) is 0 Å². The van der Waals surface area contributed by atoms with Crippen LogP contribution in [0.1, 0.15) is 51.9 Å². The molecule has 146 valence electrons. The van der Waals surface area contributed by atoms with E-state index in [0.717, 1.165) is 29.7 Å². The molecule has 3 amide bonds.